The lowest BCUT2D eigenvalue weighted by molar-refractivity contribution is 0.0577. The van der Waals surface area contributed by atoms with Gasteiger partial charge in [0, 0.05) is 18.8 Å². The molecule has 0 fully saturated rings. The number of hydrogen-bond donors (Lipinski definition) is 1. The van der Waals surface area contributed by atoms with E-state index in [-0.39, 0.29) is 12.4 Å². The minimum Gasteiger partial charge on any atom is -0.443 e. The number of nitrogens with one attached hydrogen (secondary N) is 1. The Morgan fingerprint density at radius 2 is 1.74 bits per heavy atom. The smallest absolute Gasteiger partial charge is 0.415 e. The number of hydrogen-bond acceptors (Lipinski definition) is 4. The summed E-state index contributed by atoms with van der Waals surface area (Å²) in [6.07, 6.45) is 2.04. The molecule has 0 spiro atoms. The van der Waals surface area contributed by atoms with Crippen LogP contribution < -0.4 is 10.2 Å². The lowest BCUT2D eigenvalue weighted by Crippen LogP contribution is -2.36. The van der Waals surface area contributed by atoms with Crippen molar-refractivity contribution in [2.24, 2.45) is 0 Å². The molecule has 0 aliphatic carbocycles. The van der Waals surface area contributed by atoms with Crippen LogP contribution in [0.1, 0.15) is 31.9 Å². The first-order valence-electron chi connectivity index (χ1n) is 10.3. The predicted molar refractivity (Wildman–Crippen MR) is 122 cm³/mol. The molecule has 0 saturated heterocycles. The van der Waals surface area contributed by atoms with Gasteiger partial charge < -0.3 is 10.1 Å². The quantitative estimate of drug-likeness (QED) is 0.522. The molecule has 0 saturated carbocycles. The minimum atomic E-state index is -0.637. The summed E-state index contributed by atoms with van der Waals surface area (Å²) in [7, 11) is 0. The fourth-order valence-electron chi connectivity index (χ4n) is 3.01. The highest BCUT2D eigenvalue weighted by molar-refractivity contribution is 5.88. The maximum Gasteiger partial charge on any atom is 0.415 e. The molecule has 3 aromatic rings. The largest absolute Gasteiger partial charge is 0.443 e. The maximum absolute atomic E-state index is 13.3. The Labute approximate surface area is 182 Å². The van der Waals surface area contributed by atoms with Gasteiger partial charge in [-0.3, -0.25) is 4.90 Å². The number of ether oxygens (including phenoxy) is 1. The molecular formula is C25H28FN3O2. The number of anilines is 2. The van der Waals surface area contributed by atoms with Crippen molar-refractivity contribution in [3.63, 3.8) is 0 Å². The molecule has 31 heavy (non-hydrogen) atoms. The number of pyridine rings is 1. The highest BCUT2D eigenvalue weighted by atomic mass is 19.1. The lowest BCUT2D eigenvalue weighted by Gasteiger charge is -2.27. The molecule has 0 aliphatic heterocycles. The van der Waals surface area contributed by atoms with Gasteiger partial charge in [-0.15, -0.1) is 0 Å². The van der Waals surface area contributed by atoms with Crippen molar-refractivity contribution >= 4 is 17.6 Å². The van der Waals surface area contributed by atoms with E-state index in [0.717, 1.165) is 12.0 Å². The van der Waals surface area contributed by atoms with Crippen molar-refractivity contribution in [3.8, 4) is 0 Å². The van der Waals surface area contributed by atoms with Crippen molar-refractivity contribution in [1.82, 2.24) is 4.98 Å². The summed E-state index contributed by atoms with van der Waals surface area (Å²) in [4.78, 5) is 18.8. The first-order chi connectivity index (χ1) is 14.8. The average molecular weight is 422 g/mol. The molecule has 0 atom stereocenters. The normalized spacial score (nSPS) is 11.1. The van der Waals surface area contributed by atoms with Crippen LogP contribution in [0.5, 0.6) is 0 Å². The molecule has 162 valence electrons. The number of carbonyl (C=O) groups excluding carboxylic acids is 1. The summed E-state index contributed by atoms with van der Waals surface area (Å²) >= 11 is 0. The number of rotatable bonds is 7. The van der Waals surface area contributed by atoms with E-state index >= 15 is 0 Å². The molecule has 5 nitrogen and oxygen atoms in total. The minimum absolute atomic E-state index is 0.253. The molecule has 1 amide bonds. The van der Waals surface area contributed by atoms with Gasteiger partial charge >= 0.3 is 6.09 Å². The third-order valence-electron chi connectivity index (χ3n) is 4.49. The third-order valence-corrected chi connectivity index (χ3v) is 4.49. The van der Waals surface area contributed by atoms with E-state index in [4.69, 9.17) is 4.74 Å². The second kappa shape index (κ2) is 10.1. The van der Waals surface area contributed by atoms with E-state index in [1.807, 2.05) is 45.0 Å². The second-order valence-corrected chi connectivity index (χ2v) is 8.25. The Hall–Kier alpha value is -3.41. The van der Waals surface area contributed by atoms with Crippen molar-refractivity contribution in [2.45, 2.75) is 39.3 Å². The highest BCUT2D eigenvalue weighted by Crippen LogP contribution is 2.23. The first-order valence-corrected chi connectivity index (χ1v) is 10.3. The zero-order valence-electron chi connectivity index (χ0n) is 18.1. The van der Waals surface area contributed by atoms with Crippen LogP contribution in [0.2, 0.25) is 0 Å². The number of benzene rings is 2. The molecule has 0 radical (unpaired) electrons. The SMILES string of the molecule is CC(C)(C)OC(=O)N(Cc1ccc(F)cc1)c1ccnc(NCCc2ccccc2)c1. The topological polar surface area (TPSA) is 54.5 Å². The number of halogens is 1. The zero-order chi connectivity index (χ0) is 22.3. The number of amides is 1. The Bertz CT molecular complexity index is 986. The first kappa shape index (κ1) is 22.3. The standard InChI is InChI=1S/C25H28FN3O2/c1-25(2,3)31-24(30)29(18-20-9-11-21(26)12-10-20)22-14-16-28-23(17-22)27-15-13-19-7-5-4-6-8-19/h4-12,14,16-17H,13,15,18H2,1-3H3,(H,27,28). The van der Waals surface area contributed by atoms with Gasteiger partial charge in [0.1, 0.15) is 17.2 Å². The molecule has 0 unspecified atom stereocenters. The molecule has 1 aromatic heterocycles. The molecule has 1 heterocycles. The van der Waals surface area contributed by atoms with Crippen molar-refractivity contribution in [1.29, 1.82) is 0 Å². The molecule has 2 aromatic carbocycles. The van der Waals surface area contributed by atoms with Crippen LogP contribution in [0, 0.1) is 5.82 Å². The molecule has 0 bridgehead atoms. The van der Waals surface area contributed by atoms with E-state index < -0.39 is 11.7 Å². The van der Waals surface area contributed by atoms with Gasteiger partial charge in [-0.1, -0.05) is 42.5 Å². The second-order valence-electron chi connectivity index (χ2n) is 8.25. The number of aromatic nitrogens is 1. The number of carbonyl (C=O) groups is 1. The summed E-state index contributed by atoms with van der Waals surface area (Å²) in [5, 5.41) is 3.31. The Balaban J connectivity index is 1.76. The Morgan fingerprint density at radius 1 is 1.03 bits per heavy atom. The van der Waals surface area contributed by atoms with Gasteiger partial charge in [0.05, 0.1) is 12.2 Å². The maximum atomic E-state index is 13.3. The van der Waals surface area contributed by atoms with E-state index in [1.54, 1.807) is 24.4 Å². The molecule has 3 rings (SSSR count). The fraction of sp³-hybridized carbons (Fsp3) is 0.280. The fourth-order valence-corrected chi connectivity index (χ4v) is 3.01. The van der Waals surface area contributed by atoms with Crippen molar-refractivity contribution < 1.29 is 13.9 Å². The summed E-state index contributed by atoms with van der Waals surface area (Å²) in [5.74, 6) is 0.350. The zero-order valence-corrected chi connectivity index (χ0v) is 18.1. The van der Waals surface area contributed by atoms with Gasteiger partial charge in [-0.25, -0.2) is 14.2 Å². The highest BCUT2D eigenvalue weighted by Gasteiger charge is 2.24. The van der Waals surface area contributed by atoms with Crippen LogP contribution in [0.4, 0.5) is 20.7 Å². The Kier molecular flexibility index (Phi) is 7.23. The summed E-state index contributed by atoms with van der Waals surface area (Å²) in [6, 6.07) is 19.8. The van der Waals surface area contributed by atoms with Gasteiger partial charge in [0.25, 0.3) is 0 Å². The summed E-state index contributed by atoms with van der Waals surface area (Å²) < 4.78 is 18.9. The van der Waals surface area contributed by atoms with Crippen LogP contribution in [-0.2, 0) is 17.7 Å². The van der Waals surface area contributed by atoms with E-state index in [1.165, 1.54) is 22.6 Å². The number of nitrogens with zero attached hydrogens (tertiary/aromatic N) is 2. The van der Waals surface area contributed by atoms with Gasteiger partial charge in [-0.2, -0.15) is 0 Å². The predicted octanol–water partition coefficient (Wildman–Crippen LogP) is 5.82. The van der Waals surface area contributed by atoms with E-state index in [2.05, 4.69) is 22.4 Å². The summed E-state index contributed by atoms with van der Waals surface area (Å²) in [5.41, 5.74) is 2.04. The van der Waals surface area contributed by atoms with E-state index in [9.17, 15) is 9.18 Å². The molecule has 1 N–H and O–H groups in total. The molecular weight excluding hydrogens is 393 g/mol. The van der Waals surface area contributed by atoms with Crippen LogP contribution in [0.15, 0.2) is 72.9 Å². The third kappa shape index (κ3) is 7.10. The van der Waals surface area contributed by atoms with Crippen LogP contribution in [0.3, 0.4) is 0 Å². The van der Waals surface area contributed by atoms with Crippen LogP contribution in [-0.4, -0.2) is 23.2 Å². The van der Waals surface area contributed by atoms with Crippen molar-refractivity contribution in [3.05, 3.63) is 89.9 Å². The van der Waals surface area contributed by atoms with Gasteiger partial charge in [-0.05, 0) is 56.5 Å². The Morgan fingerprint density at radius 3 is 2.42 bits per heavy atom. The van der Waals surface area contributed by atoms with E-state index in [0.29, 0.717) is 18.1 Å². The average Bonchev–Trinajstić information content (AvgIpc) is 2.73. The van der Waals surface area contributed by atoms with Crippen LogP contribution >= 0.6 is 0 Å². The molecule has 0 aliphatic rings. The van der Waals surface area contributed by atoms with Gasteiger partial charge in [0.15, 0.2) is 0 Å². The van der Waals surface area contributed by atoms with Gasteiger partial charge in [0.2, 0.25) is 0 Å². The lowest BCUT2D eigenvalue weighted by atomic mass is 10.1. The van der Waals surface area contributed by atoms with Crippen molar-refractivity contribution in [2.75, 3.05) is 16.8 Å². The summed E-state index contributed by atoms with van der Waals surface area (Å²) in [6.45, 7) is 6.44. The monoisotopic (exact) mass is 421 g/mol. The van der Waals surface area contributed by atoms with Crippen LogP contribution in [0.25, 0.3) is 0 Å². The molecule has 6 heteroatoms.